The van der Waals surface area contributed by atoms with Crippen LogP contribution >= 0.6 is 0 Å². The van der Waals surface area contributed by atoms with Gasteiger partial charge in [-0.2, -0.15) is 0 Å². The maximum absolute atomic E-state index is 11.9. The summed E-state index contributed by atoms with van der Waals surface area (Å²) in [5, 5.41) is 11.7. The summed E-state index contributed by atoms with van der Waals surface area (Å²) in [6, 6.07) is 4.67. The van der Waals surface area contributed by atoms with E-state index in [2.05, 4.69) is 5.32 Å². The van der Waals surface area contributed by atoms with Crippen LogP contribution in [0, 0.1) is 5.41 Å². The van der Waals surface area contributed by atoms with Crippen LogP contribution in [0.1, 0.15) is 24.2 Å². The molecule has 90 valence electrons. The summed E-state index contributed by atoms with van der Waals surface area (Å²) in [5.74, 6) is -0.945. The van der Waals surface area contributed by atoms with Gasteiger partial charge >= 0.3 is 5.97 Å². The molecule has 0 spiro atoms. The van der Waals surface area contributed by atoms with Gasteiger partial charge in [0.25, 0.3) is 0 Å². The van der Waals surface area contributed by atoms with Crippen LogP contribution < -0.4 is 10.1 Å². The summed E-state index contributed by atoms with van der Waals surface area (Å²) in [7, 11) is 0. The highest BCUT2D eigenvalue weighted by Gasteiger charge is 2.33. The van der Waals surface area contributed by atoms with E-state index in [1.807, 2.05) is 0 Å². The predicted octanol–water partition coefficient (Wildman–Crippen LogP) is 1.74. The minimum absolute atomic E-state index is 0.0357. The van der Waals surface area contributed by atoms with Crippen molar-refractivity contribution in [2.24, 2.45) is 5.41 Å². The Bertz CT molecular complexity index is 493. The summed E-state index contributed by atoms with van der Waals surface area (Å²) >= 11 is 0. The average molecular weight is 235 g/mol. The number of para-hydroxylation sites is 1. The topological polar surface area (TPSA) is 75.6 Å². The third kappa shape index (κ3) is 1.95. The highest BCUT2D eigenvalue weighted by molar-refractivity contribution is 6.04. The van der Waals surface area contributed by atoms with Crippen molar-refractivity contribution >= 4 is 17.6 Å². The fourth-order valence-corrected chi connectivity index (χ4v) is 1.57. The molecule has 0 saturated heterocycles. The molecule has 0 radical (unpaired) electrons. The number of carboxylic acids is 1. The molecule has 2 rings (SSSR count). The molecule has 1 aliphatic heterocycles. The number of ether oxygens (including phenoxy) is 1. The Hall–Kier alpha value is -2.04. The lowest BCUT2D eigenvalue weighted by atomic mass is 9.94. The number of carbonyl (C=O) groups excluding carboxylic acids is 1. The monoisotopic (exact) mass is 235 g/mol. The normalized spacial score (nSPS) is 17.4. The zero-order valence-corrected chi connectivity index (χ0v) is 9.61. The Morgan fingerprint density at radius 1 is 1.47 bits per heavy atom. The molecule has 2 N–H and O–H groups in total. The molecule has 5 heteroatoms. The second-order valence-corrected chi connectivity index (χ2v) is 4.61. The van der Waals surface area contributed by atoms with Gasteiger partial charge in [0.2, 0.25) is 5.91 Å². The van der Waals surface area contributed by atoms with E-state index in [0.29, 0.717) is 5.75 Å². The van der Waals surface area contributed by atoms with Crippen molar-refractivity contribution in [2.75, 3.05) is 11.9 Å². The number of amides is 1. The molecule has 1 aromatic carbocycles. The average Bonchev–Trinajstić information content (AvgIpc) is 2.37. The third-order valence-electron chi connectivity index (χ3n) is 2.70. The zero-order valence-electron chi connectivity index (χ0n) is 9.61. The number of anilines is 1. The predicted molar refractivity (Wildman–Crippen MR) is 61.3 cm³/mol. The summed E-state index contributed by atoms with van der Waals surface area (Å²) in [6.07, 6.45) is 0. The van der Waals surface area contributed by atoms with E-state index in [4.69, 9.17) is 9.84 Å². The first-order valence-corrected chi connectivity index (χ1v) is 5.22. The summed E-state index contributed by atoms with van der Waals surface area (Å²) in [5.41, 5.74) is -0.418. The van der Waals surface area contributed by atoms with Crippen LogP contribution in [0.5, 0.6) is 5.75 Å². The van der Waals surface area contributed by atoms with Gasteiger partial charge in [-0.3, -0.25) is 4.79 Å². The fourth-order valence-electron chi connectivity index (χ4n) is 1.57. The first-order chi connectivity index (χ1) is 7.92. The van der Waals surface area contributed by atoms with Crippen molar-refractivity contribution in [3.8, 4) is 5.75 Å². The van der Waals surface area contributed by atoms with Crippen LogP contribution in [0.25, 0.3) is 0 Å². The van der Waals surface area contributed by atoms with Crippen molar-refractivity contribution < 1.29 is 19.4 Å². The summed E-state index contributed by atoms with van der Waals surface area (Å²) in [4.78, 5) is 22.9. The summed E-state index contributed by atoms with van der Waals surface area (Å²) < 4.78 is 5.48. The highest BCUT2D eigenvalue weighted by atomic mass is 16.5. The quantitative estimate of drug-likeness (QED) is 0.777. The molecule has 0 atom stereocenters. The number of nitrogens with one attached hydrogen (secondary N) is 1. The highest BCUT2D eigenvalue weighted by Crippen LogP contribution is 2.34. The van der Waals surface area contributed by atoms with Crippen LogP contribution in [0.15, 0.2) is 18.2 Å². The van der Waals surface area contributed by atoms with Gasteiger partial charge in [-0.25, -0.2) is 4.79 Å². The van der Waals surface area contributed by atoms with Gasteiger partial charge < -0.3 is 15.2 Å². The largest absolute Gasteiger partial charge is 0.490 e. The first-order valence-electron chi connectivity index (χ1n) is 5.22. The molecule has 1 heterocycles. The molecule has 1 aromatic rings. The van der Waals surface area contributed by atoms with Crippen molar-refractivity contribution in [3.05, 3.63) is 23.8 Å². The van der Waals surface area contributed by atoms with Gasteiger partial charge in [0.1, 0.15) is 12.4 Å². The van der Waals surface area contributed by atoms with E-state index in [9.17, 15) is 9.59 Å². The van der Waals surface area contributed by atoms with Crippen LogP contribution in [-0.4, -0.2) is 23.6 Å². The molecule has 0 bridgehead atoms. The standard InChI is InChI=1S/C12H13NO4/c1-12(2)6-17-8-5-3-4-7(10(14)15)9(8)13-11(12)16/h3-5H,6H2,1-2H3,(H,13,16)(H,14,15). The van der Waals surface area contributed by atoms with Gasteiger partial charge in [-0.15, -0.1) is 0 Å². The molecule has 0 aromatic heterocycles. The summed E-state index contributed by atoms with van der Waals surface area (Å²) in [6.45, 7) is 3.71. The molecule has 5 nitrogen and oxygen atoms in total. The van der Waals surface area contributed by atoms with Gasteiger partial charge in [0, 0.05) is 0 Å². The van der Waals surface area contributed by atoms with E-state index in [-0.39, 0.29) is 23.8 Å². The number of aromatic carboxylic acids is 1. The number of hydrogen-bond donors (Lipinski definition) is 2. The number of benzene rings is 1. The van der Waals surface area contributed by atoms with Crippen LogP contribution in [0.3, 0.4) is 0 Å². The van der Waals surface area contributed by atoms with Gasteiger partial charge in [-0.05, 0) is 26.0 Å². The smallest absolute Gasteiger partial charge is 0.337 e. The van der Waals surface area contributed by atoms with Crippen LogP contribution in [0.4, 0.5) is 5.69 Å². The second kappa shape index (κ2) is 3.76. The number of carbonyl (C=O) groups is 2. The Labute approximate surface area is 98.4 Å². The lowest BCUT2D eigenvalue weighted by Crippen LogP contribution is -2.33. The van der Waals surface area contributed by atoms with E-state index in [0.717, 1.165) is 0 Å². The molecule has 1 aliphatic rings. The molecule has 1 amide bonds. The Balaban J connectivity index is 2.51. The van der Waals surface area contributed by atoms with E-state index < -0.39 is 11.4 Å². The second-order valence-electron chi connectivity index (χ2n) is 4.61. The lowest BCUT2D eigenvalue weighted by molar-refractivity contribution is -0.124. The molecular formula is C12H13NO4. The van der Waals surface area contributed by atoms with E-state index in [1.165, 1.54) is 6.07 Å². The Kier molecular flexibility index (Phi) is 2.53. The van der Waals surface area contributed by atoms with Crippen LogP contribution in [0.2, 0.25) is 0 Å². The van der Waals surface area contributed by atoms with Crippen LogP contribution in [-0.2, 0) is 4.79 Å². The van der Waals surface area contributed by atoms with Gasteiger partial charge in [0.15, 0.2) is 0 Å². The van der Waals surface area contributed by atoms with E-state index >= 15 is 0 Å². The van der Waals surface area contributed by atoms with Crippen molar-refractivity contribution in [3.63, 3.8) is 0 Å². The number of fused-ring (bicyclic) bond motifs is 1. The molecule has 17 heavy (non-hydrogen) atoms. The SMILES string of the molecule is CC1(C)COc2cccc(C(=O)O)c2NC1=O. The minimum Gasteiger partial charge on any atom is -0.490 e. The Morgan fingerprint density at radius 2 is 2.18 bits per heavy atom. The van der Waals surface area contributed by atoms with Gasteiger partial charge in [0.05, 0.1) is 16.7 Å². The lowest BCUT2D eigenvalue weighted by Gasteiger charge is -2.18. The fraction of sp³-hybridized carbons (Fsp3) is 0.333. The maximum atomic E-state index is 11.9. The van der Waals surface area contributed by atoms with Crippen molar-refractivity contribution in [2.45, 2.75) is 13.8 Å². The number of rotatable bonds is 1. The molecule has 0 fully saturated rings. The molecular weight excluding hydrogens is 222 g/mol. The molecule has 0 unspecified atom stereocenters. The van der Waals surface area contributed by atoms with Gasteiger partial charge in [-0.1, -0.05) is 6.07 Å². The molecule has 0 aliphatic carbocycles. The minimum atomic E-state index is -1.09. The zero-order chi connectivity index (χ0) is 12.6. The first kappa shape index (κ1) is 11.4. The maximum Gasteiger partial charge on any atom is 0.337 e. The van der Waals surface area contributed by atoms with E-state index in [1.54, 1.807) is 26.0 Å². The third-order valence-corrected chi connectivity index (χ3v) is 2.70. The van der Waals surface area contributed by atoms with Crippen molar-refractivity contribution in [1.29, 1.82) is 0 Å². The van der Waals surface area contributed by atoms with Crippen molar-refractivity contribution in [1.82, 2.24) is 0 Å². The Morgan fingerprint density at radius 3 is 2.82 bits per heavy atom. The number of carboxylic acid groups (broad SMARTS) is 1. The number of hydrogen-bond acceptors (Lipinski definition) is 3. The molecule has 0 saturated carbocycles.